The molecule has 1 fully saturated rings. The van der Waals surface area contributed by atoms with E-state index in [1.165, 1.54) is 0 Å². The molecule has 138 valence electrons. The fourth-order valence-electron chi connectivity index (χ4n) is 3.03. The number of aryl methyl sites for hydroxylation is 1. The number of amides is 2. The highest BCUT2D eigenvalue weighted by Crippen LogP contribution is 2.20. The number of carbonyl (C=O) groups is 1. The summed E-state index contributed by atoms with van der Waals surface area (Å²) in [5, 5.41) is 11.4. The summed E-state index contributed by atoms with van der Waals surface area (Å²) in [7, 11) is 3.97. The van der Waals surface area contributed by atoms with Gasteiger partial charge in [-0.3, -0.25) is 0 Å². The van der Waals surface area contributed by atoms with Crippen molar-refractivity contribution in [1.29, 1.82) is 0 Å². The van der Waals surface area contributed by atoms with Crippen LogP contribution < -0.4 is 15.1 Å². The summed E-state index contributed by atoms with van der Waals surface area (Å²) in [5.74, 6) is 0.854. The van der Waals surface area contributed by atoms with Gasteiger partial charge in [0.15, 0.2) is 5.82 Å². The van der Waals surface area contributed by atoms with Gasteiger partial charge in [0.05, 0.1) is 11.9 Å². The monoisotopic (exact) mass is 354 g/mol. The molecule has 2 aromatic rings. The van der Waals surface area contributed by atoms with Gasteiger partial charge in [0.2, 0.25) is 0 Å². The van der Waals surface area contributed by atoms with Gasteiger partial charge < -0.3 is 20.0 Å². The van der Waals surface area contributed by atoms with Crippen LogP contribution in [-0.4, -0.2) is 61.4 Å². The second-order valence-corrected chi connectivity index (χ2v) is 6.58. The van der Waals surface area contributed by atoms with E-state index in [0.717, 1.165) is 42.3 Å². The normalized spacial score (nSPS) is 14.3. The van der Waals surface area contributed by atoms with Crippen LogP contribution in [0.15, 0.2) is 36.5 Å². The second-order valence-electron chi connectivity index (χ2n) is 6.58. The van der Waals surface area contributed by atoms with Gasteiger partial charge in [-0.1, -0.05) is 25.1 Å². The molecule has 1 aliphatic heterocycles. The quantitative estimate of drug-likeness (QED) is 0.914. The highest BCUT2D eigenvalue weighted by atomic mass is 16.2. The number of hydrogen-bond donors (Lipinski definition) is 1. The largest absolute Gasteiger partial charge is 0.376 e. The van der Waals surface area contributed by atoms with E-state index < -0.39 is 0 Å². The number of nitrogens with zero attached hydrogens (tertiary/aromatic N) is 5. The smallest absolute Gasteiger partial charge is 0.321 e. The first-order valence-corrected chi connectivity index (χ1v) is 8.97. The van der Waals surface area contributed by atoms with Crippen molar-refractivity contribution in [2.75, 3.05) is 55.4 Å². The van der Waals surface area contributed by atoms with Crippen molar-refractivity contribution in [1.82, 2.24) is 15.1 Å². The molecular formula is C19H26N6O. The van der Waals surface area contributed by atoms with Gasteiger partial charge in [-0.25, -0.2) is 4.79 Å². The molecule has 0 unspecified atom stereocenters. The molecule has 1 saturated heterocycles. The number of hydrogen-bond acceptors (Lipinski definition) is 5. The first-order valence-electron chi connectivity index (χ1n) is 8.97. The Hall–Kier alpha value is -2.83. The van der Waals surface area contributed by atoms with E-state index in [1.54, 1.807) is 6.20 Å². The molecule has 2 heterocycles. The molecule has 0 bridgehead atoms. The number of para-hydroxylation sites is 1. The number of piperazine rings is 1. The standard InChI is InChI=1S/C19H26N6O/c1-4-15-7-5-6-8-17(15)21-19(26)25-11-9-24(10-12-25)18-13-16(23(2)3)14-20-22-18/h5-8,13-14H,4,9-12H2,1-3H3,(H,21,26). The molecular weight excluding hydrogens is 328 g/mol. The predicted octanol–water partition coefficient (Wildman–Crippen LogP) is 2.46. The maximum Gasteiger partial charge on any atom is 0.321 e. The number of carbonyl (C=O) groups excluding carboxylic acids is 1. The summed E-state index contributed by atoms with van der Waals surface area (Å²) >= 11 is 0. The van der Waals surface area contributed by atoms with Gasteiger partial charge in [0.25, 0.3) is 0 Å². The summed E-state index contributed by atoms with van der Waals surface area (Å²) < 4.78 is 0. The third-order valence-corrected chi connectivity index (χ3v) is 4.67. The van der Waals surface area contributed by atoms with E-state index in [2.05, 4.69) is 27.3 Å². The Labute approximate surface area is 154 Å². The summed E-state index contributed by atoms with van der Waals surface area (Å²) in [5.41, 5.74) is 3.06. The third-order valence-electron chi connectivity index (χ3n) is 4.67. The zero-order valence-corrected chi connectivity index (χ0v) is 15.6. The van der Waals surface area contributed by atoms with Gasteiger partial charge in [-0.2, -0.15) is 5.10 Å². The van der Waals surface area contributed by atoms with Crippen molar-refractivity contribution >= 4 is 23.2 Å². The minimum atomic E-state index is -0.0429. The van der Waals surface area contributed by atoms with Crippen LogP contribution in [0.2, 0.25) is 0 Å². The van der Waals surface area contributed by atoms with Crippen molar-refractivity contribution in [2.24, 2.45) is 0 Å². The van der Waals surface area contributed by atoms with E-state index in [9.17, 15) is 4.79 Å². The van der Waals surface area contributed by atoms with Crippen molar-refractivity contribution in [3.05, 3.63) is 42.1 Å². The topological polar surface area (TPSA) is 64.6 Å². The maximum absolute atomic E-state index is 12.6. The zero-order valence-electron chi connectivity index (χ0n) is 15.6. The SMILES string of the molecule is CCc1ccccc1NC(=O)N1CCN(c2cc(N(C)C)cnn2)CC1. The number of rotatable bonds is 4. The second kappa shape index (κ2) is 8.03. The average Bonchev–Trinajstić information content (AvgIpc) is 2.68. The minimum Gasteiger partial charge on any atom is -0.376 e. The predicted molar refractivity (Wildman–Crippen MR) is 105 cm³/mol. The Morgan fingerprint density at radius 2 is 1.92 bits per heavy atom. The lowest BCUT2D eigenvalue weighted by atomic mass is 10.1. The molecule has 7 heteroatoms. The van der Waals surface area contributed by atoms with Crippen LogP contribution in [0.5, 0.6) is 0 Å². The van der Waals surface area contributed by atoms with Crippen LogP contribution >= 0.6 is 0 Å². The third kappa shape index (κ3) is 4.04. The molecule has 0 spiro atoms. The van der Waals surface area contributed by atoms with Gasteiger partial charge in [-0.05, 0) is 18.1 Å². The first kappa shape index (κ1) is 18.0. The molecule has 0 radical (unpaired) electrons. The van der Waals surface area contributed by atoms with Crippen LogP contribution in [0.3, 0.4) is 0 Å². The van der Waals surface area contributed by atoms with Crippen LogP contribution in [0.1, 0.15) is 12.5 Å². The van der Waals surface area contributed by atoms with E-state index in [0.29, 0.717) is 13.1 Å². The highest BCUT2D eigenvalue weighted by molar-refractivity contribution is 5.90. The Balaban J connectivity index is 1.59. The molecule has 2 amide bonds. The molecule has 0 saturated carbocycles. The number of urea groups is 1. The summed E-state index contributed by atoms with van der Waals surface area (Å²) in [4.78, 5) is 18.6. The fourth-order valence-corrected chi connectivity index (χ4v) is 3.03. The van der Waals surface area contributed by atoms with Gasteiger partial charge >= 0.3 is 6.03 Å². The van der Waals surface area contributed by atoms with Crippen molar-refractivity contribution in [3.63, 3.8) is 0 Å². The van der Waals surface area contributed by atoms with E-state index in [4.69, 9.17) is 0 Å². The molecule has 1 aliphatic rings. The minimum absolute atomic E-state index is 0.0429. The van der Waals surface area contributed by atoms with Crippen molar-refractivity contribution in [2.45, 2.75) is 13.3 Å². The molecule has 26 heavy (non-hydrogen) atoms. The Morgan fingerprint density at radius 1 is 1.19 bits per heavy atom. The van der Waals surface area contributed by atoms with Gasteiger partial charge in [0, 0.05) is 52.0 Å². The van der Waals surface area contributed by atoms with E-state index in [-0.39, 0.29) is 6.03 Å². The number of benzene rings is 1. The van der Waals surface area contributed by atoms with Crippen LogP contribution in [-0.2, 0) is 6.42 Å². The molecule has 3 rings (SSSR count). The molecule has 0 aliphatic carbocycles. The molecule has 1 aromatic heterocycles. The number of nitrogens with one attached hydrogen (secondary N) is 1. The van der Waals surface area contributed by atoms with Crippen molar-refractivity contribution < 1.29 is 4.79 Å². The number of anilines is 3. The number of aromatic nitrogens is 2. The molecule has 0 atom stereocenters. The molecule has 7 nitrogen and oxygen atoms in total. The Kier molecular flexibility index (Phi) is 5.55. The molecule has 1 aromatic carbocycles. The Morgan fingerprint density at radius 3 is 2.62 bits per heavy atom. The lowest BCUT2D eigenvalue weighted by Gasteiger charge is -2.35. The van der Waals surface area contributed by atoms with E-state index in [1.807, 2.05) is 54.2 Å². The van der Waals surface area contributed by atoms with Gasteiger partial charge in [0.1, 0.15) is 0 Å². The van der Waals surface area contributed by atoms with Crippen LogP contribution in [0.25, 0.3) is 0 Å². The summed E-state index contributed by atoms with van der Waals surface area (Å²) in [6.45, 7) is 4.90. The van der Waals surface area contributed by atoms with Crippen molar-refractivity contribution in [3.8, 4) is 0 Å². The lowest BCUT2D eigenvalue weighted by molar-refractivity contribution is 0.208. The summed E-state index contributed by atoms with van der Waals surface area (Å²) in [6.07, 6.45) is 2.64. The van der Waals surface area contributed by atoms with Crippen LogP contribution in [0.4, 0.5) is 22.0 Å². The van der Waals surface area contributed by atoms with Crippen LogP contribution in [0, 0.1) is 0 Å². The first-order chi connectivity index (χ1) is 12.6. The molecule has 1 N–H and O–H groups in total. The zero-order chi connectivity index (χ0) is 18.5. The Bertz CT molecular complexity index is 755. The lowest BCUT2D eigenvalue weighted by Crippen LogP contribution is -2.50. The summed E-state index contributed by atoms with van der Waals surface area (Å²) in [6, 6.07) is 9.93. The average molecular weight is 354 g/mol. The maximum atomic E-state index is 12.6. The van der Waals surface area contributed by atoms with E-state index >= 15 is 0 Å². The fraction of sp³-hybridized carbons (Fsp3) is 0.421. The van der Waals surface area contributed by atoms with Gasteiger partial charge in [-0.15, -0.1) is 5.10 Å². The highest BCUT2D eigenvalue weighted by Gasteiger charge is 2.22.